The van der Waals surface area contributed by atoms with Crippen LogP contribution in [0.25, 0.3) is 0 Å². The van der Waals surface area contributed by atoms with Gasteiger partial charge in [0.2, 0.25) is 10.0 Å². The lowest BCUT2D eigenvalue weighted by Gasteiger charge is -2.21. The highest BCUT2D eigenvalue weighted by Crippen LogP contribution is 2.19. The average Bonchev–Trinajstić information content (AvgIpc) is 2.79. The molecule has 1 aromatic carbocycles. The lowest BCUT2D eigenvalue weighted by molar-refractivity contribution is 0.0745. The maximum atomic E-state index is 13.0. The van der Waals surface area contributed by atoms with Crippen molar-refractivity contribution in [1.29, 1.82) is 0 Å². The maximum Gasteiger partial charge on any atom is 0.254 e. The number of carbonyl (C=O) groups excluding carboxylic acids is 1. The van der Waals surface area contributed by atoms with E-state index in [1.807, 2.05) is 41.5 Å². The molecule has 1 N–H and O–H groups in total. The fourth-order valence-electron chi connectivity index (χ4n) is 3.32. The second kappa shape index (κ2) is 7.20. The molecule has 1 aliphatic heterocycles. The standard InChI is InChI=1S/C18H24N4O3S/c1-13-7-14(2)9-15(8-13)18(23)21-5-4-6-22-12-19-16(17(22)11-21)10-20-26(3,24)25/h7-9,12,20H,4-6,10-11H2,1-3H3. The van der Waals surface area contributed by atoms with Gasteiger partial charge < -0.3 is 9.47 Å². The van der Waals surface area contributed by atoms with E-state index in [4.69, 9.17) is 0 Å². The summed E-state index contributed by atoms with van der Waals surface area (Å²) >= 11 is 0. The van der Waals surface area contributed by atoms with Gasteiger partial charge in [-0.05, 0) is 32.4 Å². The summed E-state index contributed by atoms with van der Waals surface area (Å²) < 4.78 is 27.2. The highest BCUT2D eigenvalue weighted by atomic mass is 32.2. The van der Waals surface area contributed by atoms with Crippen molar-refractivity contribution in [3.63, 3.8) is 0 Å². The quantitative estimate of drug-likeness (QED) is 0.878. The zero-order valence-corrected chi connectivity index (χ0v) is 16.1. The van der Waals surface area contributed by atoms with Crippen molar-refractivity contribution >= 4 is 15.9 Å². The van der Waals surface area contributed by atoms with Crippen molar-refractivity contribution < 1.29 is 13.2 Å². The molecule has 2 heterocycles. The first-order chi connectivity index (χ1) is 12.2. The molecule has 0 saturated heterocycles. The fourth-order valence-corrected chi connectivity index (χ4v) is 3.72. The molecular formula is C18H24N4O3S. The van der Waals surface area contributed by atoms with Crippen molar-refractivity contribution in [2.45, 2.75) is 39.9 Å². The van der Waals surface area contributed by atoms with E-state index in [-0.39, 0.29) is 12.5 Å². The van der Waals surface area contributed by atoms with Gasteiger partial charge in [-0.25, -0.2) is 18.1 Å². The summed E-state index contributed by atoms with van der Waals surface area (Å²) in [5, 5.41) is 0. The van der Waals surface area contributed by atoms with E-state index in [0.29, 0.717) is 24.3 Å². The number of hydrogen-bond acceptors (Lipinski definition) is 4. The van der Waals surface area contributed by atoms with Gasteiger partial charge in [0.1, 0.15) is 0 Å². The molecule has 2 aromatic rings. The third kappa shape index (κ3) is 4.31. The van der Waals surface area contributed by atoms with Crippen LogP contribution >= 0.6 is 0 Å². The first-order valence-corrected chi connectivity index (χ1v) is 10.5. The molecule has 8 heteroatoms. The SMILES string of the molecule is Cc1cc(C)cc(C(=O)N2CCCn3cnc(CNS(C)(=O)=O)c3C2)c1. The summed E-state index contributed by atoms with van der Waals surface area (Å²) in [5.74, 6) is -0.00604. The number of aryl methyl sites for hydroxylation is 3. The molecule has 1 aromatic heterocycles. The van der Waals surface area contributed by atoms with Gasteiger partial charge in [-0.2, -0.15) is 0 Å². The van der Waals surface area contributed by atoms with Crippen molar-refractivity contribution in [2.24, 2.45) is 0 Å². The number of rotatable bonds is 4. The number of benzene rings is 1. The fraction of sp³-hybridized carbons (Fsp3) is 0.444. The predicted octanol–water partition coefficient (Wildman–Crippen LogP) is 1.60. The van der Waals surface area contributed by atoms with Crippen molar-refractivity contribution in [1.82, 2.24) is 19.2 Å². The monoisotopic (exact) mass is 376 g/mol. The van der Waals surface area contributed by atoms with Crippen LogP contribution in [-0.2, 0) is 29.7 Å². The molecule has 1 aliphatic rings. The number of hydrogen-bond donors (Lipinski definition) is 1. The number of nitrogens with one attached hydrogen (secondary N) is 1. The first-order valence-electron chi connectivity index (χ1n) is 8.58. The smallest absolute Gasteiger partial charge is 0.254 e. The molecule has 0 atom stereocenters. The number of fused-ring (bicyclic) bond motifs is 1. The Labute approximate surface area is 154 Å². The Balaban J connectivity index is 1.84. The number of amides is 1. The number of nitrogens with zero attached hydrogens (tertiary/aromatic N) is 3. The van der Waals surface area contributed by atoms with Crippen molar-refractivity contribution in [3.05, 3.63) is 52.6 Å². The average molecular weight is 376 g/mol. The largest absolute Gasteiger partial charge is 0.333 e. The highest BCUT2D eigenvalue weighted by molar-refractivity contribution is 7.88. The Morgan fingerprint density at radius 1 is 1.19 bits per heavy atom. The van der Waals surface area contributed by atoms with E-state index in [2.05, 4.69) is 9.71 Å². The summed E-state index contributed by atoms with van der Waals surface area (Å²) in [5.41, 5.74) is 4.36. The van der Waals surface area contributed by atoms with E-state index in [1.165, 1.54) is 0 Å². The van der Waals surface area contributed by atoms with E-state index >= 15 is 0 Å². The van der Waals surface area contributed by atoms with Gasteiger partial charge in [-0.1, -0.05) is 17.2 Å². The van der Waals surface area contributed by atoms with Gasteiger partial charge in [0, 0.05) is 18.7 Å². The Bertz CT molecular complexity index is 914. The van der Waals surface area contributed by atoms with Gasteiger partial charge in [0.15, 0.2) is 0 Å². The first kappa shape index (κ1) is 18.6. The van der Waals surface area contributed by atoms with Gasteiger partial charge in [0.25, 0.3) is 5.91 Å². The molecule has 0 spiro atoms. The molecular weight excluding hydrogens is 352 g/mol. The predicted molar refractivity (Wildman–Crippen MR) is 99.2 cm³/mol. The topological polar surface area (TPSA) is 84.3 Å². The molecule has 140 valence electrons. The third-order valence-corrected chi connectivity index (χ3v) is 5.13. The molecule has 0 unspecified atom stereocenters. The molecule has 3 rings (SSSR count). The molecule has 0 aliphatic carbocycles. The number of carbonyl (C=O) groups is 1. The second-order valence-electron chi connectivity index (χ2n) is 6.88. The van der Waals surface area contributed by atoms with Gasteiger partial charge >= 0.3 is 0 Å². The minimum atomic E-state index is -3.30. The molecule has 7 nitrogen and oxygen atoms in total. The lowest BCUT2D eigenvalue weighted by atomic mass is 10.1. The van der Waals surface area contributed by atoms with E-state index in [1.54, 1.807) is 6.33 Å². The van der Waals surface area contributed by atoms with E-state index in [9.17, 15) is 13.2 Å². The van der Waals surface area contributed by atoms with Crippen molar-refractivity contribution in [2.75, 3.05) is 12.8 Å². The van der Waals surface area contributed by atoms with E-state index in [0.717, 1.165) is 36.0 Å². The zero-order valence-electron chi connectivity index (χ0n) is 15.3. The normalized spacial score (nSPS) is 14.8. The molecule has 0 bridgehead atoms. The molecule has 0 saturated carbocycles. The minimum absolute atomic E-state index is 0.00604. The summed E-state index contributed by atoms with van der Waals surface area (Å²) in [7, 11) is -3.30. The lowest BCUT2D eigenvalue weighted by Crippen LogP contribution is -2.31. The Morgan fingerprint density at radius 2 is 1.88 bits per heavy atom. The summed E-state index contributed by atoms with van der Waals surface area (Å²) in [4.78, 5) is 19.2. The number of aromatic nitrogens is 2. The van der Waals surface area contributed by atoms with Crippen LogP contribution in [0.4, 0.5) is 0 Å². The van der Waals surface area contributed by atoms with Crippen LogP contribution in [0.15, 0.2) is 24.5 Å². The minimum Gasteiger partial charge on any atom is -0.333 e. The molecule has 0 radical (unpaired) electrons. The van der Waals surface area contributed by atoms with Crippen LogP contribution in [0.2, 0.25) is 0 Å². The maximum absolute atomic E-state index is 13.0. The van der Waals surface area contributed by atoms with Crippen LogP contribution in [0.5, 0.6) is 0 Å². The number of imidazole rings is 1. The highest BCUT2D eigenvalue weighted by Gasteiger charge is 2.23. The molecule has 26 heavy (non-hydrogen) atoms. The Hall–Kier alpha value is -2.19. The molecule has 0 fully saturated rings. The Morgan fingerprint density at radius 3 is 2.54 bits per heavy atom. The summed E-state index contributed by atoms with van der Waals surface area (Å²) in [6, 6.07) is 5.86. The van der Waals surface area contributed by atoms with Crippen LogP contribution in [-0.4, -0.2) is 41.6 Å². The van der Waals surface area contributed by atoms with Gasteiger partial charge in [-0.3, -0.25) is 4.79 Å². The van der Waals surface area contributed by atoms with Crippen LogP contribution in [0.3, 0.4) is 0 Å². The summed E-state index contributed by atoms with van der Waals surface area (Å²) in [6.45, 7) is 5.94. The van der Waals surface area contributed by atoms with Crippen LogP contribution in [0, 0.1) is 13.8 Å². The van der Waals surface area contributed by atoms with Gasteiger partial charge in [0.05, 0.1) is 37.1 Å². The van der Waals surface area contributed by atoms with E-state index < -0.39 is 10.0 Å². The van der Waals surface area contributed by atoms with Crippen molar-refractivity contribution in [3.8, 4) is 0 Å². The second-order valence-corrected chi connectivity index (χ2v) is 8.71. The van der Waals surface area contributed by atoms with Crippen LogP contribution in [0.1, 0.15) is 39.3 Å². The zero-order chi connectivity index (χ0) is 18.9. The Kier molecular flexibility index (Phi) is 5.15. The third-order valence-electron chi connectivity index (χ3n) is 4.46. The van der Waals surface area contributed by atoms with Crippen LogP contribution < -0.4 is 4.72 Å². The summed E-state index contributed by atoms with van der Waals surface area (Å²) in [6.07, 6.45) is 3.68. The molecule has 1 amide bonds. The van der Waals surface area contributed by atoms with Gasteiger partial charge in [-0.15, -0.1) is 0 Å². The number of sulfonamides is 1.